The molecular formula is C14H10BrClF2O. The van der Waals surface area contributed by atoms with E-state index in [0.717, 1.165) is 0 Å². The molecule has 1 unspecified atom stereocenters. The molecule has 0 aliphatic heterocycles. The fourth-order valence-corrected chi connectivity index (χ4v) is 2.26. The Morgan fingerprint density at radius 3 is 2.53 bits per heavy atom. The van der Waals surface area contributed by atoms with Crippen LogP contribution in [0.4, 0.5) is 8.78 Å². The molecule has 1 nitrogen and oxygen atoms in total. The van der Waals surface area contributed by atoms with Crippen LogP contribution in [-0.2, 0) is 6.42 Å². The van der Waals surface area contributed by atoms with Crippen molar-refractivity contribution in [1.29, 1.82) is 0 Å². The fourth-order valence-electron chi connectivity index (χ4n) is 1.78. The third-order valence-corrected chi connectivity index (χ3v) is 3.97. The van der Waals surface area contributed by atoms with Gasteiger partial charge in [0.2, 0.25) is 0 Å². The van der Waals surface area contributed by atoms with Gasteiger partial charge in [0.15, 0.2) is 0 Å². The first kappa shape index (κ1) is 14.4. The molecule has 1 atom stereocenters. The van der Waals surface area contributed by atoms with Crippen LogP contribution in [0.3, 0.4) is 0 Å². The second kappa shape index (κ2) is 5.99. The summed E-state index contributed by atoms with van der Waals surface area (Å²) in [7, 11) is 0. The maximum atomic E-state index is 13.7. The van der Waals surface area contributed by atoms with Crippen LogP contribution in [0.1, 0.15) is 17.2 Å². The number of halogens is 4. The van der Waals surface area contributed by atoms with Crippen molar-refractivity contribution in [3.05, 3.63) is 68.7 Å². The summed E-state index contributed by atoms with van der Waals surface area (Å²) >= 11 is 8.96. The first-order valence-corrected chi connectivity index (χ1v) is 6.72. The number of benzene rings is 2. The van der Waals surface area contributed by atoms with Gasteiger partial charge in [-0.2, -0.15) is 0 Å². The molecule has 0 aliphatic carbocycles. The minimum Gasteiger partial charge on any atom is -0.388 e. The molecule has 0 radical (unpaired) electrons. The van der Waals surface area contributed by atoms with Gasteiger partial charge in [0.05, 0.1) is 11.1 Å². The molecule has 100 valence electrons. The molecule has 5 heteroatoms. The molecule has 0 spiro atoms. The van der Waals surface area contributed by atoms with Crippen molar-refractivity contribution < 1.29 is 13.9 Å². The van der Waals surface area contributed by atoms with E-state index in [9.17, 15) is 13.9 Å². The van der Waals surface area contributed by atoms with Gasteiger partial charge in [0.1, 0.15) is 11.6 Å². The molecule has 0 heterocycles. The fraction of sp³-hybridized carbons (Fsp3) is 0.143. The number of aliphatic hydroxyl groups excluding tert-OH is 1. The molecule has 2 rings (SSSR count). The van der Waals surface area contributed by atoms with E-state index in [0.29, 0.717) is 15.1 Å². The molecule has 0 aromatic heterocycles. The lowest BCUT2D eigenvalue weighted by atomic mass is 10.0. The Bertz CT molecular complexity index is 604. The lowest BCUT2D eigenvalue weighted by Gasteiger charge is -2.13. The highest BCUT2D eigenvalue weighted by Crippen LogP contribution is 2.30. The molecular weight excluding hydrogens is 338 g/mol. The van der Waals surface area contributed by atoms with E-state index in [4.69, 9.17) is 11.6 Å². The molecule has 2 aromatic rings. The largest absolute Gasteiger partial charge is 0.388 e. The molecule has 0 saturated carbocycles. The van der Waals surface area contributed by atoms with Crippen molar-refractivity contribution in [3.8, 4) is 0 Å². The Labute approximate surface area is 123 Å². The van der Waals surface area contributed by atoms with Crippen LogP contribution in [0.25, 0.3) is 0 Å². The van der Waals surface area contributed by atoms with Crippen LogP contribution in [0.15, 0.2) is 40.9 Å². The average molecular weight is 348 g/mol. The lowest BCUT2D eigenvalue weighted by molar-refractivity contribution is 0.172. The molecule has 0 fully saturated rings. The van der Waals surface area contributed by atoms with Gasteiger partial charge < -0.3 is 5.11 Å². The van der Waals surface area contributed by atoms with Crippen LogP contribution in [0.5, 0.6) is 0 Å². The highest BCUT2D eigenvalue weighted by molar-refractivity contribution is 9.10. The highest BCUT2D eigenvalue weighted by atomic mass is 79.9. The van der Waals surface area contributed by atoms with Crippen molar-refractivity contribution in [2.45, 2.75) is 12.5 Å². The zero-order valence-corrected chi connectivity index (χ0v) is 12.0. The topological polar surface area (TPSA) is 20.2 Å². The Morgan fingerprint density at radius 1 is 1.16 bits per heavy atom. The van der Waals surface area contributed by atoms with E-state index in [-0.39, 0.29) is 12.0 Å². The van der Waals surface area contributed by atoms with Crippen LogP contribution in [0, 0.1) is 11.6 Å². The second-order valence-electron chi connectivity index (χ2n) is 4.10. The van der Waals surface area contributed by atoms with E-state index < -0.39 is 17.7 Å². The summed E-state index contributed by atoms with van der Waals surface area (Å²) in [5.41, 5.74) is 0.380. The van der Waals surface area contributed by atoms with E-state index in [1.54, 1.807) is 18.2 Å². The molecule has 2 aromatic carbocycles. The maximum Gasteiger partial charge on any atom is 0.130 e. The van der Waals surface area contributed by atoms with Crippen LogP contribution >= 0.6 is 27.5 Å². The Morgan fingerprint density at radius 2 is 1.84 bits per heavy atom. The smallest absolute Gasteiger partial charge is 0.130 e. The van der Waals surface area contributed by atoms with Gasteiger partial charge in [-0.25, -0.2) is 8.78 Å². The normalized spacial score (nSPS) is 12.5. The second-order valence-corrected chi connectivity index (χ2v) is 5.36. The number of hydrogen-bond donors (Lipinski definition) is 1. The SMILES string of the molecule is OC(Cc1ccccc1F)c1cc(Cl)c(Br)cc1F. The number of rotatable bonds is 3. The minimum atomic E-state index is -1.15. The number of hydrogen-bond acceptors (Lipinski definition) is 1. The third-order valence-electron chi connectivity index (χ3n) is 2.77. The van der Waals surface area contributed by atoms with Crippen molar-refractivity contribution in [1.82, 2.24) is 0 Å². The molecule has 0 aliphatic rings. The van der Waals surface area contributed by atoms with E-state index in [1.165, 1.54) is 18.2 Å². The van der Waals surface area contributed by atoms with E-state index in [2.05, 4.69) is 15.9 Å². The quantitative estimate of drug-likeness (QED) is 0.801. The molecule has 0 bridgehead atoms. The van der Waals surface area contributed by atoms with Crippen molar-refractivity contribution in [2.75, 3.05) is 0 Å². The lowest BCUT2D eigenvalue weighted by Crippen LogP contribution is -2.06. The minimum absolute atomic E-state index is 0.0123. The van der Waals surface area contributed by atoms with Crippen LogP contribution in [-0.4, -0.2) is 5.11 Å². The van der Waals surface area contributed by atoms with Crippen LogP contribution in [0.2, 0.25) is 5.02 Å². The van der Waals surface area contributed by atoms with Gasteiger partial charge in [-0.3, -0.25) is 0 Å². The Balaban J connectivity index is 2.28. The van der Waals surface area contributed by atoms with E-state index >= 15 is 0 Å². The summed E-state index contributed by atoms with van der Waals surface area (Å²) in [6.07, 6.45) is -1.16. The van der Waals surface area contributed by atoms with Crippen LogP contribution < -0.4 is 0 Å². The summed E-state index contributed by atoms with van der Waals surface area (Å²) in [5.74, 6) is -1.01. The monoisotopic (exact) mass is 346 g/mol. The first-order valence-electron chi connectivity index (χ1n) is 5.55. The van der Waals surface area contributed by atoms with E-state index in [1.807, 2.05) is 0 Å². The van der Waals surface area contributed by atoms with Gasteiger partial charge in [-0.15, -0.1) is 0 Å². The van der Waals surface area contributed by atoms with Gasteiger partial charge in [-0.1, -0.05) is 29.8 Å². The summed E-state index contributed by atoms with van der Waals surface area (Å²) < 4.78 is 27.6. The number of aliphatic hydroxyl groups is 1. The standard InChI is InChI=1S/C14H10BrClF2O/c15-10-7-13(18)9(6-11(10)16)14(19)5-8-3-1-2-4-12(8)17/h1-4,6-7,14,19H,5H2. The summed E-state index contributed by atoms with van der Waals surface area (Å²) in [4.78, 5) is 0. The average Bonchev–Trinajstić information content (AvgIpc) is 2.36. The van der Waals surface area contributed by atoms with Gasteiger partial charge >= 0.3 is 0 Å². The third kappa shape index (κ3) is 3.32. The molecule has 0 saturated heterocycles. The summed E-state index contributed by atoms with van der Waals surface area (Å²) in [6, 6.07) is 8.59. The molecule has 0 amide bonds. The molecule has 19 heavy (non-hydrogen) atoms. The Hall–Kier alpha value is -0.970. The van der Waals surface area contributed by atoms with Gasteiger partial charge in [-0.05, 0) is 39.7 Å². The summed E-state index contributed by atoms with van der Waals surface area (Å²) in [6.45, 7) is 0. The van der Waals surface area contributed by atoms with Gasteiger partial charge in [0, 0.05) is 16.5 Å². The first-order chi connectivity index (χ1) is 8.99. The predicted molar refractivity (Wildman–Crippen MR) is 74.2 cm³/mol. The maximum absolute atomic E-state index is 13.7. The van der Waals surface area contributed by atoms with Crippen molar-refractivity contribution >= 4 is 27.5 Å². The summed E-state index contributed by atoms with van der Waals surface area (Å²) in [5, 5.41) is 10.3. The zero-order chi connectivity index (χ0) is 14.0. The molecule has 1 N–H and O–H groups in total. The highest BCUT2D eigenvalue weighted by Gasteiger charge is 2.17. The van der Waals surface area contributed by atoms with Crippen molar-refractivity contribution in [2.24, 2.45) is 0 Å². The Kier molecular flexibility index (Phi) is 4.55. The predicted octanol–water partition coefficient (Wildman–Crippen LogP) is 4.66. The van der Waals surface area contributed by atoms with Gasteiger partial charge in [0.25, 0.3) is 0 Å². The zero-order valence-electron chi connectivity index (χ0n) is 9.71. The van der Waals surface area contributed by atoms with Crippen molar-refractivity contribution in [3.63, 3.8) is 0 Å².